The van der Waals surface area contributed by atoms with Crippen LogP contribution in [0, 0.1) is 0 Å². The molecule has 1 aromatic heterocycles. The second-order valence-electron chi connectivity index (χ2n) is 5.25. The van der Waals surface area contributed by atoms with E-state index in [4.69, 9.17) is 4.74 Å². The molecule has 0 radical (unpaired) electrons. The van der Waals surface area contributed by atoms with Gasteiger partial charge in [0.05, 0.1) is 12.2 Å². The highest BCUT2D eigenvalue weighted by molar-refractivity contribution is 5.91. The van der Waals surface area contributed by atoms with Gasteiger partial charge < -0.3 is 10.1 Å². The first-order valence-electron chi connectivity index (χ1n) is 7.69. The van der Waals surface area contributed by atoms with Crippen LogP contribution < -0.4 is 10.1 Å². The molecule has 0 spiro atoms. The van der Waals surface area contributed by atoms with Crippen LogP contribution in [0.15, 0.2) is 36.5 Å². The third-order valence-electron chi connectivity index (χ3n) is 3.65. The summed E-state index contributed by atoms with van der Waals surface area (Å²) in [7, 11) is 0. The van der Waals surface area contributed by atoms with E-state index in [1.807, 2.05) is 28.9 Å². The number of aryl methyl sites for hydroxylation is 1. The molecule has 1 N–H and O–H groups in total. The van der Waals surface area contributed by atoms with E-state index in [0.29, 0.717) is 11.6 Å². The Morgan fingerprint density at radius 2 is 2.00 bits per heavy atom. The predicted octanol–water partition coefficient (Wildman–Crippen LogP) is 3.43. The fourth-order valence-corrected chi connectivity index (χ4v) is 2.09. The number of ether oxygens (including phenoxy) is 1. The summed E-state index contributed by atoms with van der Waals surface area (Å²) >= 11 is 0. The summed E-state index contributed by atoms with van der Waals surface area (Å²) in [5, 5.41) is 7.07. The fraction of sp³-hybridized carbons (Fsp3) is 0.412. The van der Waals surface area contributed by atoms with Crippen LogP contribution in [-0.4, -0.2) is 22.3 Å². The number of nitrogens with zero attached hydrogens (tertiary/aromatic N) is 2. The van der Waals surface area contributed by atoms with E-state index in [9.17, 15) is 4.79 Å². The largest absolute Gasteiger partial charge is 0.484 e. The lowest BCUT2D eigenvalue weighted by atomic mass is 10.2. The van der Waals surface area contributed by atoms with Crippen LogP contribution in [0.1, 0.15) is 38.8 Å². The average Bonchev–Trinajstić information content (AvgIpc) is 3.00. The minimum atomic E-state index is -0.190. The van der Waals surface area contributed by atoms with Crippen molar-refractivity contribution in [1.82, 2.24) is 9.78 Å². The summed E-state index contributed by atoms with van der Waals surface area (Å²) in [4.78, 5) is 12.0. The topological polar surface area (TPSA) is 56.1 Å². The van der Waals surface area contributed by atoms with E-state index in [1.54, 1.807) is 12.3 Å². The molecule has 0 aliphatic rings. The first kappa shape index (κ1) is 16.1. The number of anilines is 1. The number of hydrogen-bond donors (Lipinski definition) is 1. The third kappa shape index (κ3) is 4.10. The number of aromatic nitrogens is 2. The van der Waals surface area contributed by atoms with Gasteiger partial charge in [-0.25, -0.2) is 4.68 Å². The number of amides is 1. The van der Waals surface area contributed by atoms with Crippen LogP contribution in [-0.2, 0) is 11.2 Å². The van der Waals surface area contributed by atoms with Crippen molar-refractivity contribution < 1.29 is 9.53 Å². The number of benzene rings is 1. The van der Waals surface area contributed by atoms with Gasteiger partial charge in [0.15, 0.2) is 6.61 Å². The maximum Gasteiger partial charge on any atom is 0.263 e. The predicted molar refractivity (Wildman–Crippen MR) is 87.2 cm³/mol. The molecule has 0 saturated heterocycles. The van der Waals surface area contributed by atoms with Gasteiger partial charge in [0.25, 0.3) is 5.91 Å². The molecule has 0 saturated carbocycles. The summed E-state index contributed by atoms with van der Waals surface area (Å²) < 4.78 is 7.31. The maximum atomic E-state index is 12.0. The average molecular weight is 301 g/mol. The molecule has 1 unspecified atom stereocenters. The van der Waals surface area contributed by atoms with Crippen molar-refractivity contribution in [2.45, 2.75) is 39.7 Å². The molecule has 5 heteroatoms. The molecule has 2 rings (SSSR count). The summed E-state index contributed by atoms with van der Waals surface area (Å²) in [6.45, 7) is 6.23. The quantitative estimate of drug-likeness (QED) is 0.852. The summed E-state index contributed by atoms with van der Waals surface area (Å²) in [6.07, 6.45) is 3.62. The molecular formula is C17H23N3O2. The molecule has 1 amide bonds. The molecule has 0 bridgehead atoms. The number of carbonyl (C=O) groups excluding carboxylic acids is 1. The zero-order chi connectivity index (χ0) is 15.9. The van der Waals surface area contributed by atoms with Gasteiger partial charge in [-0.3, -0.25) is 4.79 Å². The molecule has 5 nitrogen and oxygen atoms in total. The molecule has 1 atom stereocenters. The standard InChI is InChI=1S/C17H23N3O2/c1-4-13(3)20-16(10-11-18-20)19-17(21)12-22-15-8-6-14(5-2)7-9-15/h6-11,13H,4-5,12H2,1-3H3,(H,19,21). The molecule has 0 fully saturated rings. The third-order valence-corrected chi connectivity index (χ3v) is 3.65. The van der Waals surface area contributed by atoms with Crippen molar-refractivity contribution in [2.24, 2.45) is 0 Å². The van der Waals surface area contributed by atoms with Crippen LogP contribution >= 0.6 is 0 Å². The molecule has 0 aliphatic heterocycles. The Labute approximate surface area is 131 Å². The Hall–Kier alpha value is -2.30. The smallest absolute Gasteiger partial charge is 0.263 e. The second kappa shape index (κ2) is 7.64. The van der Waals surface area contributed by atoms with Crippen LogP contribution in [0.4, 0.5) is 5.82 Å². The monoisotopic (exact) mass is 301 g/mol. The van der Waals surface area contributed by atoms with Crippen molar-refractivity contribution >= 4 is 11.7 Å². The van der Waals surface area contributed by atoms with Crippen molar-refractivity contribution in [3.05, 3.63) is 42.1 Å². The SMILES string of the molecule is CCc1ccc(OCC(=O)Nc2ccnn2C(C)CC)cc1. The van der Waals surface area contributed by atoms with Crippen LogP contribution in [0.2, 0.25) is 0 Å². The minimum absolute atomic E-state index is 0.0167. The highest BCUT2D eigenvalue weighted by atomic mass is 16.5. The number of carbonyl (C=O) groups is 1. The van der Waals surface area contributed by atoms with Crippen molar-refractivity contribution in [2.75, 3.05) is 11.9 Å². The van der Waals surface area contributed by atoms with Crippen molar-refractivity contribution in [3.63, 3.8) is 0 Å². The minimum Gasteiger partial charge on any atom is -0.484 e. The molecule has 0 aliphatic carbocycles. The van der Waals surface area contributed by atoms with Gasteiger partial charge in [-0.05, 0) is 37.5 Å². The van der Waals surface area contributed by atoms with Gasteiger partial charge in [0.2, 0.25) is 0 Å². The summed E-state index contributed by atoms with van der Waals surface area (Å²) in [5.74, 6) is 1.21. The fourth-order valence-electron chi connectivity index (χ4n) is 2.09. The van der Waals surface area contributed by atoms with Crippen molar-refractivity contribution in [3.8, 4) is 5.75 Å². The van der Waals surface area contributed by atoms with E-state index in [2.05, 4.69) is 31.2 Å². The highest BCUT2D eigenvalue weighted by Crippen LogP contribution is 2.16. The molecule has 1 heterocycles. The molecule has 22 heavy (non-hydrogen) atoms. The van der Waals surface area contributed by atoms with Crippen LogP contribution in [0.25, 0.3) is 0 Å². The van der Waals surface area contributed by atoms with Gasteiger partial charge in [-0.15, -0.1) is 0 Å². The lowest BCUT2D eigenvalue weighted by Crippen LogP contribution is -2.22. The Kier molecular flexibility index (Phi) is 5.58. The van der Waals surface area contributed by atoms with Crippen LogP contribution in [0.3, 0.4) is 0 Å². The number of nitrogens with one attached hydrogen (secondary N) is 1. The van der Waals surface area contributed by atoms with Gasteiger partial charge in [0.1, 0.15) is 11.6 Å². The van der Waals surface area contributed by atoms with Crippen molar-refractivity contribution in [1.29, 1.82) is 0 Å². The number of rotatable bonds is 7. The Morgan fingerprint density at radius 1 is 1.27 bits per heavy atom. The van der Waals surface area contributed by atoms with Crippen LogP contribution in [0.5, 0.6) is 5.75 Å². The van der Waals surface area contributed by atoms with E-state index in [0.717, 1.165) is 12.8 Å². The zero-order valence-corrected chi connectivity index (χ0v) is 13.4. The maximum absolute atomic E-state index is 12.0. The van der Waals surface area contributed by atoms with Gasteiger partial charge in [-0.2, -0.15) is 5.10 Å². The Balaban J connectivity index is 1.89. The Bertz CT molecular complexity index is 605. The normalized spacial score (nSPS) is 12.0. The first-order valence-corrected chi connectivity index (χ1v) is 7.69. The number of hydrogen-bond acceptors (Lipinski definition) is 3. The molecule has 118 valence electrons. The van der Waals surface area contributed by atoms with Gasteiger partial charge in [0, 0.05) is 6.07 Å². The lowest BCUT2D eigenvalue weighted by Gasteiger charge is -2.14. The molecule has 1 aromatic carbocycles. The van der Waals surface area contributed by atoms with E-state index in [1.165, 1.54) is 5.56 Å². The van der Waals surface area contributed by atoms with Gasteiger partial charge >= 0.3 is 0 Å². The summed E-state index contributed by atoms with van der Waals surface area (Å²) in [5.41, 5.74) is 1.24. The van der Waals surface area contributed by atoms with E-state index in [-0.39, 0.29) is 18.6 Å². The highest BCUT2D eigenvalue weighted by Gasteiger charge is 2.11. The Morgan fingerprint density at radius 3 is 2.64 bits per heavy atom. The molecular weight excluding hydrogens is 278 g/mol. The lowest BCUT2D eigenvalue weighted by molar-refractivity contribution is -0.118. The summed E-state index contributed by atoms with van der Waals surface area (Å²) in [6, 6.07) is 9.81. The van der Waals surface area contributed by atoms with E-state index < -0.39 is 0 Å². The first-order chi connectivity index (χ1) is 10.6. The molecule has 2 aromatic rings. The van der Waals surface area contributed by atoms with E-state index >= 15 is 0 Å². The van der Waals surface area contributed by atoms with Gasteiger partial charge in [-0.1, -0.05) is 26.0 Å². The zero-order valence-electron chi connectivity index (χ0n) is 13.4. The second-order valence-corrected chi connectivity index (χ2v) is 5.25.